The predicted molar refractivity (Wildman–Crippen MR) is 145 cm³/mol. The van der Waals surface area contributed by atoms with E-state index in [2.05, 4.69) is 87.3 Å². The highest BCUT2D eigenvalue weighted by molar-refractivity contribution is 5.77. The zero-order valence-electron chi connectivity index (χ0n) is 22.3. The highest BCUT2D eigenvalue weighted by atomic mass is 16.5. The largest absolute Gasteiger partial charge is 0.382 e. The van der Waals surface area contributed by atoms with Gasteiger partial charge in [0.05, 0.1) is 6.10 Å². The second kappa shape index (κ2) is 11.0. The molecular formula is C30H43N3O2. The molecule has 2 aromatic rings. The molecule has 0 aromatic heterocycles. The van der Waals surface area contributed by atoms with Crippen molar-refractivity contribution in [3.05, 3.63) is 59.2 Å². The Morgan fingerprint density at radius 2 is 1.60 bits per heavy atom. The number of nitrogens with zero attached hydrogens (tertiary/aromatic N) is 2. The minimum absolute atomic E-state index is 0.128. The van der Waals surface area contributed by atoms with E-state index in [-0.39, 0.29) is 24.0 Å². The van der Waals surface area contributed by atoms with E-state index in [0.717, 1.165) is 51.9 Å². The summed E-state index contributed by atoms with van der Waals surface area (Å²) in [7, 11) is 0. The maximum Gasteiger partial charge on any atom is 0.248 e. The summed E-state index contributed by atoms with van der Waals surface area (Å²) in [5.74, 6) is 0.128. The van der Waals surface area contributed by atoms with Crippen molar-refractivity contribution < 1.29 is 9.53 Å². The third kappa shape index (κ3) is 6.78. The van der Waals surface area contributed by atoms with E-state index in [1.54, 1.807) is 0 Å². The fourth-order valence-corrected chi connectivity index (χ4v) is 5.24. The molecule has 1 saturated carbocycles. The molecule has 1 heterocycles. The average Bonchev–Trinajstić information content (AvgIpc) is 2.85. The quantitative estimate of drug-likeness (QED) is 0.581. The molecule has 35 heavy (non-hydrogen) atoms. The molecule has 0 atom stereocenters. The smallest absolute Gasteiger partial charge is 0.248 e. The van der Waals surface area contributed by atoms with Crippen LogP contribution in [0.3, 0.4) is 0 Å². The van der Waals surface area contributed by atoms with Gasteiger partial charge in [0.1, 0.15) is 6.61 Å². The lowest BCUT2D eigenvalue weighted by Gasteiger charge is -2.37. The molecule has 4 rings (SSSR count). The molecule has 1 amide bonds. The molecule has 0 radical (unpaired) electrons. The Labute approximate surface area is 211 Å². The Morgan fingerprint density at radius 3 is 2.20 bits per heavy atom. The molecule has 190 valence electrons. The van der Waals surface area contributed by atoms with E-state index < -0.39 is 0 Å². The van der Waals surface area contributed by atoms with E-state index >= 15 is 0 Å². The van der Waals surface area contributed by atoms with Gasteiger partial charge in [-0.15, -0.1) is 0 Å². The third-order valence-electron chi connectivity index (χ3n) is 7.59. The van der Waals surface area contributed by atoms with Crippen molar-refractivity contribution in [2.24, 2.45) is 0 Å². The Morgan fingerprint density at radius 1 is 0.943 bits per heavy atom. The number of carbonyl (C=O) groups is 1. The maximum atomic E-state index is 12.8. The normalized spacial score (nSPS) is 21.2. The summed E-state index contributed by atoms with van der Waals surface area (Å²) in [5.41, 5.74) is 6.59. The first kappa shape index (κ1) is 25.6. The predicted octanol–water partition coefficient (Wildman–Crippen LogP) is 5.69. The van der Waals surface area contributed by atoms with Crippen LogP contribution in [0.25, 0.3) is 0 Å². The summed E-state index contributed by atoms with van der Waals surface area (Å²) in [6.45, 7) is 14.5. The first-order chi connectivity index (χ1) is 16.7. The molecule has 1 saturated heterocycles. The van der Waals surface area contributed by atoms with Gasteiger partial charge in [-0.1, -0.05) is 50.6 Å². The second-order valence-electron chi connectivity index (χ2n) is 11.4. The number of benzene rings is 2. The van der Waals surface area contributed by atoms with Crippen LogP contribution in [-0.4, -0.2) is 55.7 Å². The van der Waals surface area contributed by atoms with Gasteiger partial charge in [-0.05, 0) is 74.3 Å². The lowest BCUT2D eigenvalue weighted by Crippen LogP contribution is -2.50. The van der Waals surface area contributed by atoms with Crippen molar-refractivity contribution in [3.63, 3.8) is 0 Å². The summed E-state index contributed by atoms with van der Waals surface area (Å²) < 4.78 is 6.06. The molecule has 0 unspecified atom stereocenters. The Kier molecular flexibility index (Phi) is 8.05. The fraction of sp³-hybridized carbons (Fsp3) is 0.567. The van der Waals surface area contributed by atoms with E-state index in [9.17, 15) is 4.79 Å². The van der Waals surface area contributed by atoms with Crippen molar-refractivity contribution in [1.29, 1.82) is 0 Å². The van der Waals surface area contributed by atoms with Crippen molar-refractivity contribution in [3.8, 4) is 0 Å². The van der Waals surface area contributed by atoms with Crippen molar-refractivity contribution >= 4 is 17.3 Å². The molecule has 5 nitrogen and oxygen atoms in total. The molecule has 5 heteroatoms. The molecule has 2 aliphatic rings. The van der Waals surface area contributed by atoms with Crippen LogP contribution in [-0.2, 0) is 14.9 Å². The van der Waals surface area contributed by atoms with Crippen LogP contribution in [0.1, 0.15) is 63.1 Å². The van der Waals surface area contributed by atoms with Crippen molar-refractivity contribution in [2.75, 3.05) is 43.0 Å². The number of aryl methyl sites for hydroxylation is 2. The van der Waals surface area contributed by atoms with Gasteiger partial charge in [0.15, 0.2) is 0 Å². The van der Waals surface area contributed by atoms with E-state index in [1.165, 1.54) is 28.1 Å². The van der Waals surface area contributed by atoms with Gasteiger partial charge < -0.3 is 19.9 Å². The van der Waals surface area contributed by atoms with E-state index in [0.29, 0.717) is 6.04 Å². The Hall–Kier alpha value is -2.53. The standard InChI is InChI=1S/C30H43N3O2/c1-22-6-15-28(23(2)20-22)31-25-9-13-27(14-10-25)35-21-29(34)33-18-16-32(17-19-33)26-11-7-24(8-12-26)30(3,4)5/h6-8,11-12,15,20,25,27,31H,9-10,13-14,16-19,21H2,1-5H3. The highest BCUT2D eigenvalue weighted by Gasteiger charge is 2.25. The SMILES string of the molecule is Cc1ccc(NC2CCC(OCC(=O)N3CCN(c4ccc(C(C)(C)C)cc4)CC3)CC2)c(C)c1. The number of rotatable bonds is 6. The summed E-state index contributed by atoms with van der Waals surface area (Å²) in [4.78, 5) is 17.1. The van der Waals surface area contributed by atoms with Crippen LogP contribution >= 0.6 is 0 Å². The lowest BCUT2D eigenvalue weighted by molar-refractivity contribution is -0.139. The topological polar surface area (TPSA) is 44.8 Å². The first-order valence-corrected chi connectivity index (χ1v) is 13.3. The Balaban J connectivity index is 1.16. The van der Waals surface area contributed by atoms with Crippen LogP contribution in [0, 0.1) is 13.8 Å². The van der Waals surface area contributed by atoms with Gasteiger partial charge in [-0.2, -0.15) is 0 Å². The number of anilines is 2. The van der Waals surface area contributed by atoms with Crippen LogP contribution < -0.4 is 10.2 Å². The number of nitrogens with one attached hydrogen (secondary N) is 1. The lowest BCUT2D eigenvalue weighted by atomic mass is 9.87. The Bertz CT molecular complexity index is 980. The van der Waals surface area contributed by atoms with Crippen LogP contribution in [0.4, 0.5) is 11.4 Å². The van der Waals surface area contributed by atoms with Gasteiger partial charge in [-0.3, -0.25) is 4.79 Å². The van der Waals surface area contributed by atoms with Crippen molar-refractivity contribution in [1.82, 2.24) is 4.90 Å². The van der Waals surface area contributed by atoms with Crippen LogP contribution in [0.2, 0.25) is 0 Å². The molecular weight excluding hydrogens is 434 g/mol. The maximum absolute atomic E-state index is 12.8. The molecule has 1 aliphatic heterocycles. The van der Waals surface area contributed by atoms with Crippen molar-refractivity contribution in [2.45, 2.75) is 77.9 Å². The molecule has 1 aliphatic carbocycles. The van der Waals surface area contributed by atoms with E-state index in [4.69, 9.17) is 4.74 Å². The summed E-state index contributed by atoms with van der Waals surface area (Å²) in [6, 6.07) is 16.0. The molecule has 2 fully saturated rings. The zero-order chi connectivity index (χ0) is 25.0. The van der Waals surface area contributed by atoms with Gasteiger partial charge in [-0.25, -0.2) is 0 Å². The molecule has 0 spiro atoms. The summed E-state index contributed by atoms with van der Waals surface area (Å²) in [5, 5.41) is 3.71. The molecule has 0 bridgehead atoms. The minimum atomic E-state index is 0.128. The van der Waals surface area contributed by atoms with Crippen LogP contribution in [0.5, 0.6) is 0 Å². The van der Waals surface area contributed by atoms with Gasteiger partial charge in [0, 0.05) is 43.6 Å². The number of ether oxygens (including phenoxy) is 1. The first-order valence-electron chi connectivity index (χ1n) is 13.3. The summed E-state index contributed by atoms with van der Waals surface area (Å²) >= 11 is 0. The van der Waals surface area contributed by atoms with Gasteiger partial charge in [0.25, 0.3) is 0 Å². The number of hydrogen-bond acceptors (Lipinski definition) is 4. The van der Waals surface area contributed by atoms with Crippen LogP contribution in [0.15, 0.2) is 42.5 Å². The van der Waals surface area contributed by atoms with E-state index in [1.807, 2.05) is 4.90 Å². The number of amides is 1. The summed E-state index contributed by atoms with van der Waals surface area (Å²) in [6.07, 6.45) is 4.37. The monoisotopic (exact) mass is 477 g/mol. The fourth-order valence-electron chi connectivity index (χ4n) is 5.24. The minimum Gasteiger partial charge on any atom is -0.382 e. The number of piperazine rings is 1. The number of carbonyl (C=O) groups excluding carboxylic acids is 1. The average molecular weight is 478 g/mol. The highest BCUT2D eigenvalue weighted by Crippen LogP contribution is 2.27. The number of hydrogen-bond donors (Lipinski definition) is 1. The molecule has 1 N–H and O–H groups in total. The molecule has 2 aromatic carbocycles. The zero-order valence-corrected chi connectivity index (χ0v) is 22.3. The van der Waals surface area contributed by atoms with Gasteiger partial charge >= 0.3 is 0 Å². The van der Waals surface area contributed by atoms with Gasteiger partial charge in [0.2, 0.25) is 5.91 Å². The second-order valence-corrected chi connectivity index (χ2v) is 11.4. The third-order valence-corrected chi connectivity index (χ3v) is 7.59.